The summed E-state index contributed by atoms with van der Waals surface area (Å²) in [4.78, 5) is 2.44. The van der Waals surface area contributed by atoms with Crippen molar-refractivity contribution in [3.63, 3.8) is 0 Å². The average molecular weight is 245 g/mol. The molecule has 1 saturated carbocycles. The molecule has 1 aromatic rings. The van der Waals surface area contributed by atoms with Crippen LogP contribution < -0.4 is 10.6 Å². The Morgan fingerprint density at radius 1 is 1.39 bits per heavy atom. The fraction of sp³-hybridized carbons (Fsp3) is 0.533. The number of rotatable bonds is 4. The van der Waals surface area contributed by atoms with E-state index in [1.54, 1.807) is 0 Å². The number of para-hydroxylation sites is 1. The van der Waals surface area contributed by atoms with E-state index in [1.165, 1.54) is 36.9 Å². The third kappa shape index (κ3) is 2.35. The van der Waals surface area contributed by atoms with Gasteiger partial charge >= 0.3 is 0 Å². The smallest absolute Gasteiger partial charge is 0.124 e. The molecule has 1 aliphatic rings. The summed E-state index contributed by atoms with van der Waals surface area (Å²) in [7, 11) is 0. The van der Waals surface area contributed by atoms with Crippen molar-refractivity contribution in [2.75, 3.05) is 11.4 Å². The normalized spacial score (nSPS) is 15.9. The molecule has 0 unspecified atom stereocenters. The molecule has 0 radical (unpaired) electrons. The Balaban J connectivity index is 2.43. The molecular weight excluding hydrogens is 222 g/mol. The average Bonchev–Trinajstić information content (AvgIpc) is 2.85. The minimum atomic E-state index is 0.171. The van der Waals surface area contributed by atoms with Gasteiger partial charge in [-0.15, -0.1) is 0 Å². The van der Waals surface area contributed by atoms with Crippen LogP contribution in [0.4, 0.5) is 5.69 Å². The molecule has 3 nitrogen and oxygen atoms in total. The maximum atomic E-state index is 7.76. The molecule has 0 atom stereocenters. The highest BCUT2D eigenvalue weighted by Gasteiger charge is 2.24. The van der Waals surface area contributed by atoms with Gasteiger partial charge in [-0.25, -0.2) is 0 Å². The molecule has 3 heteroatoms. The highest BCUT2D eigenvalue weighted by molar-refractivity contribution is 6.01. The number of nitrogen functional groups attached to an aromatic ring is 1. The summed E-state index contributed by atoms with van der Waals surface area (Å²) >= 11 is 0. The van der Waals surface area contributed by atoms with Crippen molar-refractivity contribution in [3.05, 3.63) is 29.3 Å². The van der Waals surface area contributed by atoms with Crippen LogP contribution in [0.15, 0.2) is 18.2 Å². The highest BCUT2D eigenvalue weighted by atomic mass is 15.2. The Hall–Kier alpha value is -1.51. The fourth-order valence-electron chi connectivity index (χ4n) is 3.07. The molecule has 1 fully saturated rings. The van der Waals surface area contributed by atoms with Crippen molar-refractivity contribution in [1.29, 1.82) is 5.41 Å². The number of amidine groups is 1. The summed E-state index contributed by atoms with van der Waals surface area (Å²) in [5.74, 6) is 0.171. The Morgan fingerprint density at radius 2 is 2.06 bits per heavy atom. The van der Waals surface area contributed by atoms with Crippen molar-refractivity contribution < 1.29 is 0 Å². The van der Waals surface area contributed by atoms with Gasteiger partial charge in [-0.1, -0.05) is 25.0 Å². The van der Waals surface area contributed by atoms with Gasteiger partial charge in [0.1, 0.15) is 5.84 Å². The van der Waals surface area contributed by atoms with Gasteiger partial charge in [0.05, 0.1) is 5.69 Å². The molecule has 1 aromatic carbocycles. The van der Waals surface area contributed by atoms with Gasteiger partial charge in [0.25, 0.3) is 0 Å². The lowest BCUT2D eigenvalue weighted by atomic mass is 10.0. The number of nitrogens with one attached hydrogen (secondary N) is 1. The van der Waals surface area contributed by atoms with E-state index in [0.717, 1.165) is 12.1 Å². The zero-order valence-corrected chi connectivity index (χ0v) is 11.4. The molecule has 0 spiro atoms. The van der Waals surface area contributed by atoms with Crippen molar-refractivity contribution in [2.24, 2.45) is 5.73 Å². The van der Waals surface area contributed by atoms with E-state index >= 15 is 0 Å². The number of nitrogens with two attached hydrogens (primary N) is 1. The predicted molar refractivity (Wildman–Crippen MR) is 77.5 cm³/mol. The van der Waals surface area contributed by atoms with E-state index in [-0.39, 0.29) is 5.84 Å². The number of hydrogen-bond donors (Lipinski definition) is 2. The molecule has 0 heterocycles. The van der Waals surface area contributed by atoms with Crippen molar-refractivity contribution in [2.45, 2.75) is 45.6 Å². The van der Waals surface area contributed by atoms with Crippen LogP contribution in [0.3, 0.4) is 0 Å². The highest BCUT2D eigenvalue weighted by Crippen LogP contribution is 2.32. The van der Waals surface area contributed by atoms with E-state index in [0.29, 0.717) is 6.04 Å². The molecule has 18 heavy (non-hydrogen) atoms. The van der Waals surface area contributed by atoms with Gasteiger partial charge in [-0.3, -0.25) is 5.41 Å². The van der Waals surface area contributed by atoms with Gasteiger partial charge in [-0.2, -0.15) is 0 Å². The number of aryl methyl sites for hydroxylation is 1. The molecule has 0 amide bonds. The first-order chi connectivity index (χ1) is 8.65. The lowest BCUT2D eigenvalue weighted by Crippen LogP contribution is -2.35. The minimum Gasteiger partial charge on any atom is -0.384 e. The molecule has 0 saturated heterocycles. The predicted octanol–water partition coefficient (Wildman–Crippen LogP) is 3.05. The van der Waals surface area contributed by atoms with E-state index < -0.39 is 0 Å². The molecule has 2 rings (SSSR count). The van der Waals surface area contributed by atoms with Crippen LogP contribution in [0.1, 0.15) is 43.7 Å². The second-order valence-corrected chi connectivity index (χ2v) is 5.11. The first-order valence-corrected chi connectivity index (χ1v) is 6.85. The zero-order valence-electron chi connectivity index (χ0n) is 11.4. The van der Waals surface area contributed by atoms with Crippen molar-refractivity contribution in [3.8, 4) is 0 Å². The monoisotopic (exact) mass is 245 g/mol. The lowest BCUT2D eigenvalue weighted by Gasteiger charge is -2.33. The molecule has 0 aromatic heterocycles. The zero-order chi connectivity index (χ0) is 13.1. The van der Waals surface area contributed by atoms with Crippen molar-refractivity contribution in [1.82, 2.24) is 0 Å². The summed E-state index contributed by atoms with van der Waals surface area (Å²) in [5, 5.41) is 7.76. The summed E-state index contributed by atoms with van der Waals surface area (Å²) in [6.07, 6.45) is 5.17. The summed E-state index contributed by atoms with van der Waals surface area (Å²) in [5.41, 5.74) is 8.99. The summed E-state index contributed by atoms with van der Waals surface area (Å²) in [6.45, 7) is 5.28. The molecule has 98 valence electrons. The topological polar surface area (TPSA) is 53.1 Å². The van der Waals surface area contributed by atoms with Gasteiger partial charge in [0.2, 0.25) is 0 Å². The lowest BCUT2D eigenvalue weighted by molar-refractivity contribution is 0.618. The van der Waals surface area contributed by atoms with Crippen LogP contribution >= 0.6 is 0 Å². The van der Waals surface area contributed by atoms with E-state index in [4.69, 9.17) is 11.1 Å². The van der Waals surface area contributed by atoms with E-state index in [9.17, 15) is 0 Å². The maximum absolute atomic E-state index is 7.76. The molecular formula is C15H23N3. The van der Waals surface area contributed by atoms with Crippen LogP contribution in [-0.4, -0.2) is 18.4 Å². The Bertz CT molecular complexity index is 433. The van der Waals surface area contributed by atoms with Crippen LogP contribution in [-0.2, 0) is 0 Å². The number of nitrogens with zero attached hydrogens (tertiary/aromatic N) is 1. The molecule has 1 aliphatic carbocycles. The maximum Gasteiger partial charge on any atom is 0.124 e. The van der Waals surface area contributed by atoms with E-state index in [2.05, 4.69) is 24.8 Å². The second-order valence-electron chi connectivity index (χ2n) is 5.11. The number of hydrogen-bond acceptors (Lipinski definition) is 2. The Labute approximate surface area is 109 Å². The standard InChI is InChI=1S/C15H23N3/c1-3-18(12-8-4-5-9-12)14-11(2)7-6-10-13(14)15(16)17/h6-7,10,12H,3-5,8-9H2,1-2H3,(H3,16,17). The quantitative estimate of drug-likeness (QED) is 0.633. The number of anilines is 1. The largest absolute Gasteiger partial charge is 0.384 e. The third-order valence-electron chi connectivity index (χ3n) is 3.92. The van der Waals surface area contributed by atoms with Crippen LogP contribution in [0, 0.1) is 12.3 Å². The number of benzene rings is 1. The van der Waals surface area contributed by atoms with E-state index in [1.807, 2.05) is 12.1 Å². The fourth-order valence-corrected chi connectivity index (χ4v) is 3.07. The van der Waals surface area contributed by atoms with Gasteiger partial charge in [-0.05, 0) is 38.3 Å². The Morgan fingerprint density at radius 3 is 2.61 bits per heavy atom. The SMILES string of the molecule is CCN(c1c(C)cccc1C(=N)N)C1CCCC1. The van der Waals surface area contributed by atoms with Crippen LogP contribution in [0.5, 0.6) is 0 Å². The van der Waals surface area contributed by atoms with Crippen LogP contribution in [0.2, 0.25) is 0 Å². The summed E-state index contributed by atoms with van der Waals surface area (Å²) in [6, 6.07) is 6.67. The molecule has 0 bridgehead atoms. The minimum absolute atomic E-state index is 0.171. The second kappa shape index (κ2) is 5.42. The molecule has 0 aliphatic heterocycles. The summed E-state index contributed by atoms with van der Waals surface area (Å²) < 4.78 is 0. The van der Waals surface area contributed by atoms with Gasteiger partial charge < -0.3 is 10.6 Å². The van der Waals surface area contributed by atoms with Crippen LogP contribution in [0.25, 0.3) is 0 Å². The first kappa shape index (κ1) is 12.9. The first-order valence-electron chi connectivity index (χ1n) is 6.85. The van der Waals surface area contributed by atoms with Crippen molar-refractivity contribution >= 4 is 11.5 Å². The Kier molecular flexibility index (Phi) is 3.90. The van der Waals surface area contributed by atoms with Gasteiger partial charge in [0.15, 0.2) is 0 Å². The third-order valence-corrected chi connectivity index (χ3v) is 3.92. The molecule has 3 N–H and O–H groups in total. The van der Waals surface area contributed by atoms with Gasteiger partial charge in [0, 0.05) is 18.2 Å².